The number of ether oxygens (including phenoxy) is 1. The number of hydrogen-bond acceptors (Lipinski definition) is 7. The van der Waals surface area contributed by atoms with Crippen molar-refractivity contribution in [2.24, 2.45) is 0 Å². The molecule has 0 spiro atoms. The van der Waals surface area contributed by atoms with Crippen LogP contribution in [-0.4, -0.2) is 35.7 Å². The molecule has 1 aliphatic carbocycles. The van der Waals surface area contributed by atoms with E-state index in [1.807, 2.05) is 32.2 Å². The van der Waals surface area contributed by atoms with Gasteiger partial charge in [0.15, 0.2) is 6.29 Å². The fourth-order valence-electron chi connectivity index (χ4n) is 3.29. The molecule has 10 heteroatoms. The third-order valence-electron chi connectivity index (χ3n) is 5.24. The smallest absolute Gasteiger partial charge is 0.302 e. The van der Waals surface area contributed by atoms with Crippen molar-refractivity contribution in [3.8, 4) is 17.1 Å². The maximum atomic E-state index is 13.5. The molecular weight excluding hydrogens is 465 g/mol. The summed E-state index contributed by atoms with van der Waals surface area (Å²) in [6.07, 6.45) is 5.69. The number of benzene rings is 2. The van der Waals surface area contributed by atoms with E-state index >= 15 is 0 Å². The van der Waals surface area contributed by atoms with E-state index < -0.39 is 11.6 Å². The Labute approximate surface area is 200 Å². The normalized spacial score (nSPS) is 13.6. The summed E-state index contributed by atoms with van der Waals surface area (Å²) >= 11 is 0.428. The number of aromatic nitrogens is 2. The van der Waals surface area contributed by atoms with E-state index in [4.69, 9.17) is 4.74 Å². The van der Waals surface area contributed by atoms with Gasteiger partial charge in [-0.1, -0.05) is 18.2 Å². The summed E-state index contributed by atoms with van der Waals surface area (Å²) in [6, 6.07) is 11.9. The van der Waals surface area contributed by atoms with Crippen molar-refractivity contribution < 1.29 is 22.7 Å². The lowest BCUT2D eigenvalue weighted by atomic mass is 10.0. The number of halogens is 3. The van der Waals surface area contributed by atoms with Crippen molar-refractivity contribution in [2.45, 2.75) is 31.1 Å². The predicted molar refractivity (Wildman–Crippen MR) is 128 cm³/mol. The van der Waals surface area contributed by atoms with Crippen LogP contribution < -0.4 is 14.8 Å². The highest BCUT2D eigenvalue weighted by Crippen LogP contribution is 2.45. The molecule has 0 aliphatic heterocycles. The molecule has 0 radical (unpaired) electrons. The molecule has 0 atom stereocenters. The van der Waals surface area contributed by atoms with Crippen LogP contribution in [0.3, 0.4) is 0 Å². The molecular formula is C24H25F3N4O2S. The molecule has 1 heterocycles. The molecule has 1 aromatic heterocycles. The van der Waals surface area contributed by atoms with Crippen molar-refractivity contribution in [2.75, 3.05) is 18.4 Å². The molecule has 180 valence electrons. The van der Waals surface area contributed by atoms with Gasteiger partial charge in [0.25, 0.3) is 0 Å². The number of nitrogens with zero attached hydrogens (tertiary/aromatic N) is 2. The van der Waals surface area contributed by atoms with Crippen LogP contribution in [0.15, 0.2) is 54.9 Å². The fourth-order valence-corrected chi connectivity index (χ4v) is 3.64. The van der Waals surface area contributed by atoms with E-state index in [-0.39, 0.29) is 11.1 Å². The van der Waals surface area contributed by atoms with Gasteiger partial charge in [-0.25, -0.2) is 9.37 Å². The summed E-state index contributed by atoms with van der Waals surface area (Å²) < 4.78 is 45.4. The van der Waals surface area contributed by atoms with Crippen molar-refractivity contribution in [3.05, 3.63) is 71.8 Å². The number of carbonyl (C=O) groups excluding carboxylic acids is 1. The summed E-state index contributed by atoms with van der Waals surface area (Å²) in [5, 5.41) is 3.28. The molecule has 3 aromatic rings. The van der Waals surface area contributed by atoms with Crippen LogP contribution in [0, 0.1) is 5.82 Å². The van der Waals surface area contributed by atoms with Crippen molar-refractivity contribution in [1.82, 2.24) is 15.3 Å². The Morgan fingerprint density at radius 2 is 2.00 bits per heavy atom. The molecule has 4 rings (SSSR count). The first-order valence-electron chi connectivity index (χ1n) is 10.6. The van der Waals surface area contributed by atoms with E-state index in [0.717, 1.165) is 24.1 Å². The molecule has 1 aliphatic rings. The van der Waals surface area contributed by atoms with Crippen molar-refractivity contribution in [3.63, 3.8) is 0 Å². The lowest BCUT2D eigenvalue weighted by Crippen LogP contribution is -2.24. The molecule has 34 heavy (non-hydrogen) atoms. The second kappa shape index (κ2) is 11.8. The molecule has 1 saturated carbocycles. The number of nitrogens with one attached hydrogen (secondary N) is 2. The standard InChI is InChI=1S/C13H11FN2O2.C11H14F2N2S/c1-2-18-13-7-15-6-12(16-13)9-3-4-10(8-17)11(14)5-9;1-14-11(5-6-11)8-3-2-4-9(7-8)15-16-10(12)13/h3-8H,2H2,1H3;2-4,7,10,14-15H,5-6H2,1H3. The van der Waals surface area contributed by atoms with E-state index in [0.29, 0.717) is 42.0 Å². The Kier molecular flexibility index (Phi) is 8.89. The first-order chi connectivity index (χ1) is 16.4. The Balaban J connectivity index is 0.000000192. The van der Waals surface area contributed by atoms with Crippen LogP contribution in [0.2, 0.25) is 0 Å². The Hall–Kier alpha value is -3.11. The highest BCUT2D eigenvalue weighted by atomic mass is 32.2. The Morgan fingerprint density at radius 3 is 2.62 bits per heavy atom. The second-order valence-electron chi connectivity index (χ2n) is 7.42. The number of anilines is 1. The van der Waals surface area contributed by atoms with Gasteiger partial charge in [-0.3, -0.25) is 9.78 Å². The lowest BCUT2D eigenvalue weighted by molar-refractivity contribution is 0.112. The molecule has 2 aromatic carbocycles. The van der Waals surface area contributed by atoms with Crippen LogP contribution in [0.25, 0.3) is 11.3 Å². The minimum Gasteiger partial charge on any atom is -0.477 e. The zero-order valence-corrected chi connectivity index (χ0v) is 19.5. The fraction of sp³-hybridized carbons (Fsp3) is 0.292. The van der Waals surface area contributed by atoms with Gasteiger partial charge in [-0.2, -0.15) is 8.78 Å². The summed E-state index contributed by atoms with van der Waals surface area (Å²) in [4.78, 5) is 18.7. The van der Waals surface area contributed by atoms with Crippen LogP contribution in [0.1, 0.15) is 35.7 Å². The lowest BCUT2D eigenvalue weighted by Gasteiger charge is -2.15. The second-order valence-corrected chi connectivity index (χ2v) is 8.22. The molecule has 1 fully saturated rings. The topological polar surface area (TPSA) is 76.1 Å². The first-order valence-corrected chi connectivity index (χ1v) is 11.5. The van der Waals surface area contributed by atoms with Crippen LogP contribution in [-0.2, 0) is 5.54 Å². The molecule has 0 unspecified atom stereocenters. The zero-order valence-electron chi connectivity index (χ0n) is 18.7. The first kappa shape index (κ1) is 25.5. The van der Waals surface area contributed by atoms with Gasteiger partial charge in [-0.15, -0.1) is 0 Å². The zero-order chi connectivity index (χ0) is 24.6. The number of hydrogen-bond donors (Lipinski definition) is 2. The number of alkyl halides is 2. The van der Waals surface area contributed by atoms with Gasteiger partial charge in [0.05, 0.1) is 30.3 Å². The summed E-state index contributed by atoms with van der Waals surface area (Å²) in [5.41, 5.74) is 3.03. The van der Waals surface area contributed by atoms with E-state index in [1.165, 1.54) is 24.5 Å². The van der Waals surface area contributed by atoms with Gasteiger partial charge in [0.2, 0.25) is 5.88 Å². The Bertz CT molecular complexity index is 1110. The van der Waals surface area contributed by atoms with Gasteiger partial charge < -0.3 is 14.8 Å². The molecule has 6 nitrogen and oxygen atoms in total. The van der Waals surface area contributed by atoms with Crippen LogP contribution in [0.5, 0.6) is 5.88 Å². The average molecular weight is 491 g/mol. The maximum Gasteiger partial charge on any atom is 0.302 e. The highest BCUT2D eigenvalue weighted by Gasteiger charge is 2.42. The van der Waals surface area contributed by atoms with Gasteiger partial charge in [-0.05, 0) is 56.6 Å². The van der Waals surface area contributed by atoms with E-state index in [9.17, 15) is 18.0 Å². The minimum absolute atomic E-state index is 0.0210. The predicted octanol–water partition coefficient (Wildman–Crippen LogP) is 5.67. The van der Waals surface area contributed by atoms with Gasteiger partial charge in [0.1, 0.15) is 5.82 Å². The minimum atomic E-state index is -2.40. The Morgan fingerprint density at radius 1 is 1.21 bits per heavy atom. The average Bonchev–Trinajstić information content (AvgIpc) is 3.65. The van der Waals surface area contributed by atoms with Gasteiger partial charge >= 0.3 is 5.76 Å². The van der Waals surface area contributed by atoms with Crippen LogP contribution >= 0.6 is 11.9 Å². The highest BCUT2D eigenvalue weighted by molar-refractivity contribution is 8.00. The van der Waals surface area contributed by atoms with E-state index in [1.54, 1.807) is 12.1 Å². The quantitative estimate of drug-likeness (QED) is 0.296. The van der Waals surface area contributed by atoms with Gasteiger partial charge in [0, 0.05) is 28.7 Å². The number of carbonyl (C=O) groups is 1. The maximum absolute atomic E-state index is 13.5. The SMILES string of the molecule is CCOc1cncc(-c2ccc(C=O)c(F)c2)n1.CNC1(c2cccc(NSC(F)F)c2)CC1. The third-order valence-corrected chi connectivity index (χ3v) is 5.77. The largest absolute Gasteiger partial charge is 0.477 e. The molecule has 0 saturated heterocycles. The number of rotatable bonds is 9. The molecule has 2 N–H and O–H groups in total. The molecule has 0 amide bonds. The molecule has 0 bridgehead atoms. The number of aldehydes is 1. The summed E-state index contributed by atoms with van der Waals surface area (Å²) in [7, 11) is 1.93. The summed E-state index contributed by atoms with van der Waals surface area (Å²) in [5.74, 6) is -2.59. The van der Waals surface area contributed by atoms with Crippen molar-refractivity contribution in [1.29, 1.82) is 0 Å². The summed E-state index contributed by atoms with van der Waals surface area (Å²) in [6.45, 7) is 2.32. The third kappa shape index (κ3) is 6.71. The van der Waals surface area contributed by atoms with Crippen molar-refractivity contribution >= 4 is 23.9 Å². The van der Waals surface area contributed by atoms with E-state index in [2.05, 4.69) is 20.0 Å². The van der Waals surface area contributed by atoms with Crippen LogP contribution in [0.4, 0.5) is 18.9 Å². The monoisotopic (exact) mass is 490 g/mol.